The van der Waals surface area contributed by atoms with Gasteiger partial charge in [0.2, 0.25) is 0 Å². The maximum Gasteiger partial charge on any atom is 0.372 e. The van der Waals surface area contributed by atoms with Crippen LogP contribution in [-0.2, 0) is 24.4 Å². The van der Waals surface area contributed by atoms with Crippen LogP contribution in [0.15, 0.2) is 48.6 Å². The van der Waals surface area contributed by atoms with Gasteiger partial charge in [0.15, 0.2) is 0 Å². The van der Waals surface area contributed by atoms with Crippen LogP contribution in [0.4, 0.5) is 0 Å². The molecule has 114 valence electrons. The lowest BCUT2D eigenvalue weighted by Crippen LogP contribution is -2.11. The minimum atomic E-state index is -0.811. The molecule has 0 bridgehead atoms. The van der Waals surface area contributed by atoms with Gasteiger partial charge in [0.05, 0.1) is 0 Å². The van der Waals surface area contributed by atoms with Gasteiger partial charge in [0, 0.05) is 22.3 Å². The predicted molar refractivity (Wildman–Crippen MR) is 72.7 cm³/mol. The Balaban J connectivity index is 0.000000423. The summed E-state index contributed by atoms with van der Waals surface area (Å²) < 4.78 is 0. The van der Waals surface area contributed by atoms with Gasteiger partial charge in [0.25, 0.3) is 0 Å². The lowest BCUT2D eigenvalue weighted by molar-refractivity contribution is -0.456. The van der Waals surface area contributed by atoms with Crippen LogP contribution in [0.1, 0.15) is 13.8 Å². The Labute approximate surface area is 121 Å². The maximum absolute atomic E-state index is 10.6. The van der Waals surface area contributed by atoms with Crippen LogP contribution >= 0.6 is 0 Å². The third-order valence-electron chi connectivity index (χ3n) is 1.75. The highest BCUT2D eigenvalue weighted by Gasteiger charge is 2.08. The molecule has 1 rings (SSSR count). The van der Waals surface area contributed by atoms with Crippen molar-refractivity contribution in [1.82, 2.24) is 0 Å². The van der Waals surface area contributed by atoms with E-state index in [0.29, 0.717) is 0 Å². The van der Waals surface area contributed by atoms with Gasteiger partial charge in [-0.25, -0.2) is 9.59 Å². The van der Waals surface area contributed by atoms with Gasteiger partial charge in [-0.1, -0.05) is 19.2 Å². The molecule has 21 heavy (non-hydrogen) atoms. The smallest absolute Gasteiger partial charge is 0.372 e. The number of phenolic OH excluding ortho intramolecular Hbond substituents is 2. The first-order chi connectivity index (χ1) is 9.73. The van der Waals surface area contributed by atoms with Gasteiger partial charge >= 0.3 is 11.9 Å². The number of hydrogen-bond acceptors (Lipinski definition) is 7. The molecule has 0 spiro atoms. The summed E-state index contributed by atoms with van der Waals surface area (Å²) in [7, 11) is 0. The highest BCUT2D eigenvalue weighted by Crippen LogP contribution is 2.14. The van der Waals surface area contributed by atoms with E-state index in [1.807, 2.05) is 0 Å². The van der Waals surface area contributed by atoms with Crippen LogP contribution in [-0.4, -0.2) is 22.2 Å². The van der Waals surface area contributed by atoms with Crippen molar-refractivity contribution in [2.75, 3.05) is 0 Å². The first-order valence-electron chi connectivity index (χ1n) is 5.63. The van der Waals surface area contributed by atoms with Gasteiger partial charge < -0.3 is 10.2 Å². The normalized spacial score (nSPS) is 8.86. The molecule has 0 saturated heterocycles. The molecule has 0 aromatic heterocycles. The Bertz CT molecular complexity index is 491. The second-order valence-corrected chi connectivity index (χ2v) is 3.89. The van der Waals surface area contributed by atoms with E-state index in [1.54, 1.807) is 6.07 Å². The first kappa shape index (κ1) is 18.2. The van der Waals surface area contributed by atoms with Crippen LogP contribution in [0, 0.1) is 0 Å². The molecular weight excluding hydrogens is 280 g/mol. The molecule has 0 aliphatic rings. The van der Waals surface area contributed by atoms with Crippen molar-refractivity contribution in [3.8, 4) is 11.5 Å². The minimum Gasteiger partial charge on any atom is -0.508 e. The van der Waals surface area contributed by atoms with Crippen molar-refractivity contribution in [3.05, 3.63) is 48.6 Å². The molecule has 7 heteroatoms. The Hall–Kier alpha value is -2.80. The number of hydrogen-bond donors (Lipinski definition) is 2. The van der Waals surface area contributed by atoms with Crippen LogP contribution in [0.25, 0.3) is 0 Å². The third kappa shape index (κ3) is 8.84. The van der Waals surface area contributed by atoms with Crippen molar-refractivity contribution in [2.24, 2.45) is 0 Å². The summed E-state index contributed by atoms with van der Waals surface area (Å²) in [5.41, 5.74) is 0.262. The summed E-state index contributed by atoms with van der Waals surface area (Å²) in [5.74, 6) is -1.45. The fourth-order valence-corrected chi connectivity index (χ4v) is 0.714. The van der Waals surface area contributed by atoms with Crippen molar-refractivity contribution < 1.29 is 34.6 Å². The number of rotatable bonds is 4. The lowest BCUT2D eigenvalue weighted by Gasteiger charge is -2.00. The summed E-state index contributed by atoms with van der Waals surface area (Å²) in [5, 5.41) is 21.2. The number of phenols is 2. The SMILES string of the molecule is C=C(C)C(=O)OOOC(=O)C(=C)C.Oc1cccc(O)c1. The standard InChI is InChI=1S/C8H10O5.C6H6O2/c1-5(2)7(9)11-13-12-8(10)6(3)4;7-5-2-1-3-6(8)4-5/h1,3H2,2,4H3;1-4,7-8H. The summed E-state index contributed by atoms with van der Waals surface area (Å²) >= 11 is 0. The average Bonchev–Trinajstić information content (AvgIpc) is 2.38. The molecule has 0 fully saturated rings. The quantitative estimate of drug-likeness (QED) is 0.498. The highest BCUT2D eigenvalue weighted by atomic mass is 17.5. The van der Waals surface area contributed by atoms with Crippen LogP contribution < -0.4 is 0 Å². The zero-order valence-electron chi connectivity index (χ0n) is 11.7. The molecule has 1 aromatic rings. The van der Waals surface area contributed by atoms with Gasteiger partial charge in [0.1, 0.15) is 11.5 Å². The van der Waals surface area contributed by atoms with Gasteiger partial charge in [-0.3, -0.25) is 9.78 Å². The van der Waals surface area contributed by atoms with E-state index in [2.05, 4.69) is 28.0 Å². The van der Waals surface area contributed by atoms with E-state index in [4.69, 9.17) is 10.2 Å². The summed E-state index contributed by atoms with van der Waals surface area (Å²) in [6.45, 7) is 9.40. The van der Waals surface area contributed by atoms with E-state index in [9.17, 15) is 9.59 Å². The monoisotopic (exact) mass is 296 g/mol. The molecule has 2 N–H and O–H groups in total. The van der Waals surface area contributed by atoms with Crippen LogP contribution in [0.5, 0.6) is 11.5 Å². The summed E-state index contributed by atoms with van der Waals surface area (Å²) in [6, 6.07) is 5.85. The molecule has 0 saturated carbocycles. The van der Waals surface area contributed by atoms with Crippen molar-refractivity contribution in [3.63, 3.8) is 0 Å². The molecule has 0 aliphatic carbocycles. The van der Waals surface area contributed by atoms with Crippen LogP contribution in [0.3, 0.4) is 0 Å². The predicted octanol–water partition coefficient (Wildman–Crippen LogP) is 2.17. The Morgan fingerprint density at radius 1 is 0.952 bits per heavy atom. The number of aromatic hydroxyl groups is 2. The average molecular weight is 296 g/mol. The first-order valence-corrected chi connectivity index (χ1v) is 5.63. The number of benzene rings is 1. The largest absolute Gasteiger partial charge is 0.508 e. The zero-order chi connectivity index (χ0) is 16.4. The van der Waals surface area contributed by atoms with E-state index >= 15 is 0 Å². The van der Waals surface area contributed by atoms with Crippen molar-refractivity contribution in [2.45, 2.75) is 13.8 Å². The van der Waals surface area contributed by atoms with Crippen LogP contribution in [0.2, 0.25) is 0 Å². The van der Waals surface area contributed by atoms with Gasteiger partial charge in [-0.15, -0.1) is 0 Å². The number of carbonyl (C=O) groups is 2. The second kappa shape index (κ2) is 9.16. The molecule has 0 unspecified atom stereocenters. The summed E-state index contributed by atoms with van der Waals surface area (Å²) in [6.07, 6.45) is 0. The fourth-order valence-electron chi connectivity index (χ4n) is 0.714. The Morgan fingerprint density at radius 3 is 1.57 bits per heavy atom. The third-order valence-corrected chi connectivity index (χ3v) is 1.75. The minimum absolute atomic E-state index is 0.0880. The summed E-state index contributed by atoms with van der Waals surface area (Å²) in [4.78, 5) is 29.3. The molecule has 0 aliphatic heterocycles. The molecule has 0 heterocycles. The molecular formula is C14H16O7. The fraction of sp³-hybridized carbons (Fsp3) is 0.143. The molecule has 0 amide bonds. The van der Waals surface area contributed by atoms with E-state index in [-0.39, 0.29) is 22.6 Å². The zero-order valence-corrected chi connectivity index (χ0v) is 11.7. The van der Waals surface area contributed by atoms with Crippen molar-refractivity contribution >= 4 is 11.9 Å². The second-order valence-electron chi connectivity index (χ2n) is 3.89. The topological polar surface area (TPSA) is 102 Å². The van der Waals surface area contributed by atoms with Gasteiger partial charge in [-0.2, -0.15) is 0 Å². The van der Waals surface area contributed by atoms with E-state index in [0.717, 1.165) is 0 Å². The number of carbonyl (C=O) groups excluding carboxylic acids is 2. The molecule has 7 nitrogen and oxygen atoms in total. The van der Waals surface area contributed by atoms with Gasteiger partial charge in [-0.05, 0) is 26.0 Å². The lowest BCUT2D eigenvalue weighted by atomic mass is 10.3. The molecule has 0 radical (unpaired) electrons. The Kier molecular flexibility index (Phi) is 7.94. The van der Waals surface area contributed by atoms with E-state index in [1.165, 1.54) is 32.0 Å². The van der Waals surface area contributed by atoms with E-state index < -0.39 is 11.9 Å². The molecule has 0 atom stereocenters. The maximum atomic E-state index is 10.6. The highest BCUT2D eigenvalue weighted by molar-refractivity contribution is 5.87. The molecule has 1 aromatic carbocycles. The Morgan fingerprint density at radius 2 is 1.33 bits per heavy atom. The van der Waals surface area contributed by atoms with Crippen molar-refractivity contribution in [1.29, 1.82) is 0 Å².